The van der Waals surface area contributed by atoms with Gasteiger partial charge in [0.2, 0.25) is 0 Å². The second kappa shape index (κ2) is 5.46. The molecule has 2 rings (SSSR count). The van der Waals surface area contributed by atoms with Crippen molar-refractivity contribution in [3.63, 3.8) is 0 Å². The van der Waals surface area contributed by atoms with Crippen molar-refractivity contribution < 1.29 is 14.2 Å². The van der Waals surface area contributed by atoms with E-state index in [1.807, 2.05) is 6.92 Å². The summed E-state index contributed by atoms with van der Waals surface area (Å²) in [6, 6.07) is 5.98. The van der Waals surface area contributed by atoms with Crippen molar-refractivity contribution in [2.24, 2.45) is 0 Å². The van der Waals surface area contributed by atoms with Gasteiger partial charge in [-0.05, 0) is 19.1 Å². The molecule has 0 amide bonds. The Hall–Kier alpha value is -1.46. The second-order valence-corrected chi connectivity index (χ2v) is 4.71. The Labute approximate surface area is 112 Å². The van der Waals surface area contributed by atoms with E-state index in [1.165, 1.54) is 12.1 Å². The minimum absolute atomic E-state index is 0.181. The van der Waals surface area contributed by atoms with Crippen LogP contribution in [0.1, 0.15) is 11.3 Å². The van der Waals surface area contributed by atoms with E-state index in [2.05, 4.69) is 20.9 Å². The number of benzene rings is 1. The van der Waals surface area contributed by atoms with Crippen LogP contribution in [0, 0.1) is 12.7 Å². The molecule has 1 aromatic carbocycles. The minimum Gasteiger partial charge on any atom is -0.457 e. The average molecular weight is 312 g/mol. The van der Waals surface area contributed by atoms with Crippen LogP contribution in [-0.4, -0.2) is 10.1 Å². The first-order valence-corrected chi connectivity index (χ1v) is 6.08. The van der Waals surface area contributed by atoms with Crippen molar-refractivity contribution >= 4 is 15.9 Å². The van der Waals surface area contributed by atoms with E-state index in [1.54, 1.807) is 18.3 Å². The molecule has 0 atom stereocenters. The van der Waals surface area contributed by atoms with Crippen LogP contribution in [0.2, 0.25) is 0 Å². The van der Waals surface area contributed by atoms with Crippen molar-refractivity contribution in [1.82, 2.24) is 4.98 Å². The van der Waals surface area contributed by atoms with Gasteiger partial charge in [-0.3, -0.25) is 4.98 Å². The van der Waals surface area contributed by atoms with Gasteiger partial charge in [-0.1, -0.05) is 15.9 Å². The topological polar surface area (TPSA) is 42.4 Å². The Morgan fingerprint density at radius 1 is 1.33 bits per heavy atom. The highest BCUT2D eigenvalue weighted by atomic mass is 79.9. The van der Waals surface area contributed by atoms with Gasteiger partial charge in [0, 0.05) is 34.1 Å². The zero-order chi connectivity index (χ0) is 13.1. The Balaban J connectivity index is 2.35. The molecule has 1 aromatic heterocycles. The van der Waals surface area contributed by atoms with Crippen LogP contribution in [0.3, 0.4) is 0 Å². The van der Waals surface area contributed by atoms with Crippen LogP contribution >= 0.6 is 15.9 Å². The minimum atomic E-state index is -0.393. The molecule has 1 N–H and O–H groups in total. The van der Waals surface area contributed by atoms with Crippen LogP contribution in [0.15, 0.2) is 34.9 Å². The van der Waals surface area contributed by atoms with Gasteiger partial charge in [0.1, 0.15) is 17.3 Å². The number of nitrogens with zero attached hydrogens (tertiary/aromatic N) is 1. The number of aliphatic hydroxyl groups excluding tert-OH is 1. The second-order valence-electron chi connectivity index (χ2n) is 3.80. The van der Waals surface area contributed by atoms with Crippen LogP contribution < -0.4 is 4.74 Å². The van der Waals surface area contributed by atoms with E-state index in [0.717, 1.165) is 5.69 Å². The number of aryl methyl sites for hydroxylation is 1. The summed E-state index contributed by atoms with van der Waals surface area (Å²) < 4.78 is 19.4. The number of aromatic nitrogens is 1. The smallest absolute Gasteiger partial charge is 0.136 e. The number of aliphatic hydroxyl groups is 1. The van der Waals surface area contributed by atoms with E-state index in [4.69, 9.17) is 4.74 Å². The van der Waals surface area contributed by atoms with Crippen molar-refractivity contribution in [1.29, 1.82) is 0 Å². The first-order valence-electron chi connectivity index (χ1n) is 5.29. The van der Waals surface area contributed by atoms with Gasteiger partial charge in [0.25, 0.3) is 0 Å². The van der Waals surface area contributed by atoms with Crippen molar-refractivity contribution in [3.8, 4) is 11.5 Å². The third kappa shape index (κ3) is 3.05. The van der Waals surface area contributed by atoms with Gasteiger partial charge in [0.05, 0.1) is 6.61 Å². The molecule has 5 heteroatoms. The molecule has 1 heterocycles. The maximum atomic E-state index is 13.2. The van der Waals surface area contributed by atoms with Crippen LogP contribution in [-0.2, 0) is 6.61 Å². The summed E-state index contributed by atoms with van der Waals surface area (Å²) in [6.45, 7) is 1.63. The van der Waals surface area contributed by atoms with Gasteiger partial charge in [-0.2, -0.15) is 0 Å². The number of rotatable bonds is 3. The highest BCUT2D eigenvalue weighted by Gasteiger charge is 2.07. The maximum absolute atomic E-state index is 13.2. The molecule has 0 saturated carbocycles. The van der Waals surface area contributed by atoms with Crippen LogP contribution in [0.25, 0.3) is 0 Å². The van der Waals surface area contributed by atoms with Crippen molar-refractivity contribution in [3.05, 3.63) is 52.0 Å². The quantitative estimate of drug-likeness (QED) is 0.942. The maximum Gasteiger partial charge on any atom is 0.136 e. The first-order chi connectivity index (χ1) is 8.58. The number of pyridine rings is 1. The predicted molar refractivity (Wildman–Crippen MR) is 69.1 cm³/mol. The number of halogens is 2. The fraction of sp³-hybridized carbons (Fsp3) is 0.154. The van der Waals surface area contributed by atoms with Gasteiger partial charge in [0.15, 0.2) is 0 Å². The Bertz CT molecular complexity index is 555. The lowest BCUT2D eigenvalue weighted by atomic mass is 10.2. The summed E-state index contributed by atoms with van der Waals surface area (Å²) in [6.07, 6.45) is 1.54. The van der Waals surface area contributed by atoms with Gasteiger partial charge in [-0.15, -0.1) is 0 Å². The molecule has 0 aliphatic carbocycles. The summed E-state index contributed by atoms with van der Waals surface area (Å²) in [7, 11) is 0. The summed E-state index contributed by atoms with van der Waals surface area (Å²) in [4.78, 5) is 4.06. The molecule has 0 radical (unpaired) electrons. The normalized spacial score (nSPS) is 10.4. The molecule has 94 valence electrons. The largest absolute Gasteiger partial charge is 0.457 e. The zero-order valence-corrected chi connectivity index (χ0v) is 11.2. The SMILES string of the molecule is Cc1cc(Oc2cc(F)cc(Br)c2)c(CO)cn1. The molecule has 0 unspecified atom stereocenters. The number of ether oxygens (including phenoxy) is 1. The van der Waals surface area contributed by atoms with Gasteiger partial charge in [-0.25, -0.2) is 4.39 Å². The Kier molecular flexibility index (Phi) is 3.93. The predicted octanol–water partition coefficient (Wildman–Crippen LogP) is 3.58. The third-order valence-corrected chi connectivity index (χ3v) is 2.77. The molecule has 2 aromatic rings. The molecular weight excluding hydrogens is 301 g/mol. The molecule has 3 nitrogen and oxygen atoms in total. The fourth-order valence-electron chi connectivity index (χ4n) is 1.49. The Morgan fingerprint density at radius 2 is 2.11 bits per heavy atom. The van der Waals surface area contributed by atoms with E-state index in [0.29, 0.717) is 21.5 Å². The van der Waals surface area contributed by atoms with Crippen molar-refractivity contribution in [2.75, 3.05) is 0 Å². The summed E-state index contributed by atoms with van der Waals surface area (Å²) in [5, 5.41) is 9.19. The summed E-state index contributed by atoms with van der Waals surface area (Å²) in [5.41, 5.74) is 1.32. The Morgan fingerprint density at radius 3 is 2.78 bits per heavy atom. The summed E-state index contributed by atoms with van der Waals surface area (Å²) in [5.74, 6) is 0.445. The van der Waals surface area contributed by atoms with E-state index >= 15 is 0 Å². The molecule has 0 aliphatic heterocycles. The standard InChI is InChI=1S/C13H11BrFNO2/c1-8-2-13(9(7-17)6-16-8)18-12-4-10(14)3-11(15)5-12/h2-6,17H,7H2,1H3. The van der Waals surface area contributed by atoms with Crippen molar-refractivity contribution in [2.45, 2.75) is 13.5 Å². The molecule has 0 bridgehead atoms. The number of hydrogen-bond acceptors (Lipinski definition) is 3. The first kappa shape index (κ1) is 13.0. The number of hydrogen-bond donors (Lipinski definition) is 1. The third-order valence-electron chi connectivity index (χ3n) is 2.31. The summed E-state index contributed by atoms with van der Waals surface area (Å²) >= 11 is 3.19. The lowest BCUT2D eigenvalue weighted by molar-refractivity contribution is 0.276. The lowest BCUT2D eigenvalue weighted by Crippen LogP contribution is -1.95. The van der Waals surface area contributed by atoms with E-state index < -0.39 is 5.82 Å². The van der Waals surface area contributed by atoms with E-state index in [9.17, 15) is 9.50 Å². The van der Waals surface area contributed by atoms with Crippen LogP contribution in [0.4, 0.5) is 4.39 Å². The molecule has 0 aliphatic rings. The zero-order valence-electron chi connectivity index (χ0n) is 9.65. The monoisotopic (exact) mass is 311 g/mol. The molecular formula is C13H11BrFNO2. The fourth-order valence-corrected chi connectivity index (χ4v) is 1.94. The average Bonchev–Trinajstić information content (AvgIpc) is 2.27. The van der Waals surface area contributed by atoms with E-state index in [-0.39, 0.29) is 6.61 Å². The highest BCUT2D eigenvalue weighted by Crippen LogP contribution is 2.28. The van der Waals surface area contributed by atoms with Gasteiger partial charge < -0.3 is 9.84 Å². The van der Waals surface area contributed by atoms with Gasteiger partial charge >= 0.3 is 0 Å². The molecule has 0 saturated heterocycles. The molecule has 0 spiro atoms. The molecule has 18 heavy (non-hydrogen) atoms. The highest BCUT2D eigenvalue weighted by molar-refractivity contribution is 9.10. The molecule has 0 fully saturated rings. The lowest BCUT2D eigenvalue weighted by Gasteiger charge is -2.10. The van der Waals surface area contributed by atoms with Crippen LogP contribution in [0.5, 0.6) is 11.5 Å².